The SMILES string of the molecule is COc1ccc(Cn2nccc2NC(=O)Cc2cccc(C(F)(F)F)c2)c(OC)c1. The van der Waals surface area contributed by atoms with E-state index in [4.69, 9.17) is 9.47 Å². The molecule has 0 saturated carbocycles. The highest BCUT2D eigenvalue weighted by Gasteiger charge is 2.30. The lowest BCUT2D eigenvalue weighted by molar-refractivity contribution is -0.137. The summed E-state index contributed by atoms with van der Waals surface area (Å²) >= 11 is 0. The largest absolute Gasteiger partial charge is 0.497 e. The first-order valence-corrected chi connectivity index (χ1v) is 8.99. The van der Waals surface area contributed by atoms with Crippen LogP contribution < -0.4 is 14.8 Å². The number of aromatic nitrogens is 2. The lowest BCUT2D eigenvalue weighted by Crippen LogP contribution is -2.18. The molecule has 1 N–H and O–H groups in total. The van der Waals surface area contributed by atoms with Gasteiger partial charge in [-0.1, -0.05) is 18.2 Å². The van der Waals surface area contributed by atoms with Crippen LogP contribution in [0.1, 0.15) is 16.7 Å². The summed E-state index contributed by atoms with van der Waals surface area (Å²) in [7, 11) is 3.10. The van der Waals surface area contributed by atoms with E-state index in [1.165, 1.54) is 18.3 Å². The summed E-state index contributed by atoms with van der Waals surface area (Å²) in [4.78, 5) is 12.4. The zero-order valence-electron chi connectivity index (χ0n) is 16.4. The van der Waals surface area contributed by atoms with Crippen molar-refractivity contribution < 1.29 is 27.4 Å². The van der Waals surface area contributed by atoms with Gasteiger partial charge >= 0.3 is 6.18 Å². The summed E-state index contributed by atoms with van der Waals surface area (Å²) < 4.78 is 50.7. The van der Waals surface area contributed by atoms with Crippen LogP contribution in [-0.2, 0) is 23.9 Å². The average Bonchev–Trinajstić information content (AvgIpc) is 3.14. The number of hydrogen-bond acceptors (Lipinski definition) is 4. The molecule has 0 fully saturated rings. The van der Waals surface area contributed by atoms with Crippen molar-refractivity contribution in [1.29, 1.82) is 0 Å². The molecule has 2 aromatic carbocycles. The number of halogens is 3. The van der Waals surface area contributed by atoms with E-state index in [2.05, 4.69) is 10.4 Å². The summed E-state index contributed by atoms with van der Waals surface area (Å²) in [5.74, 6) is 1.22. The number of carbonyl (C=O) groups excluding carboxylic acids is 1. The number of hydrogen-bond donors (Lipinski definition) is 1. The maximum Gasteiger partial charge on any atom is 0.416 e. The van der Waals surface area contributed by atoms with Gasteiger partial charge in [-0.2, -0.15) is 18.3 Å². The highest BCUT2D eigenvalue weighted by atomic mass is 19.4. The minimum absolute atomic E-state index is 0.193. The Hall–Kier alpha value is -3.49. The van der Waals surface area contributed by atoms with Crippen molar-refractivity contribution in [1.82, 2.24) is 9.78 Å². The molecule has 9 heteroatoms. The Bertz CT molecular complexity index is 1030. The highest BCUT2D eigenvalue weighted by molar-refractivity contribution is 5.91. The summed E-state index contributed by atoms with van der Waals surface area (Å²) in [6.45, 7) is 0.319. The predicted octanol–water partition coefficient (Wildman–Crippen LogP) is 4.15. The molecule has 0 aliphatic carbocycles. The van der Waals surface area contributed by atoms with Crippen molar-refractivity contribution in [2.75, 3.05) is 19.5 Å². The molecule has 0 spiro atoms. The van der Waals surface area contributed by atoms with E-state index in [0.29, 0.717) is 23.9 Å². The highest BCUT2D eigenvalue weighted by Crippen LogP contribution is 2.30. The van der Waals surface area contributed by atoms with Crippen LogP contribution in [0.4, 0.5) is 19.0 Å². The Balaban J connectivity index is 1.71. The molecule has 0 radical (unpaired) electrons. The average molecular weight is 419 g/mol. The molecule has 0 atom stereocenters. The number of rotatable bonds is 7. The van der Waals surface area contributed by atoms with Crippen LogP contribution in [0.25, 0.3) is 0 Å². The van der Waals surface area contributed by atoms with Gasteiger partial charge in [-0.05, 0) is 23.8 Å². The van der Waals surface area contributed by atoms with E-state index in [1.54, 1.807) is 37.1 Å². The number of amides is 1. The second kappa shape index (κ2) is 8.89. The second-order valence-electron chi connectivity index (χ2n) is 6.47. The molecule has 6 nitrogen and oxygen atoms in total. The fourth-order valence-electron chi connectivity index (χ4n) is 2.94. The van der Waals surface area contributed by atoms with Crippen LogP contribution in [0.2, 0.25) is 0 Å². The van der Waals surface area contributed by atoms with Crippen molar-refractivity contribution in [3.8, 4) is 11.5 Å². The zero-order chi connectivity index (χ0) is 21.7. The molecular weight excluding hydrogens is 399 g/mol. The van der Waals surface area contributed by atoms with E-state index in [-0.39, 0.29) is 12.0 Å². The summed E-state index contributed by atoms with van der Waals surface area (Å²) in [5, 5.41) is 6.89. The van der Waals surface area contributed by atoms with Crippen molar-refractivity contribution >= 4 is 11.7 Å². The first-order chi connectivity index (χ1) is 14.3. The molecule has 1 heterocycles. The third-order valence-corrected chi connectivity index (χ3v) is 4.42. The number of ether oxygens (including phenoxy) is 2. The molecule has 158 valence electrons. The van der Waals surface area contributed by atoms with Crippen molar-refractivity contribution in [2.24, 2.45) is 0 Å². The topological polar surface area (TPSA) is 65.4 Å². The maximum absolute atomic E-state index is 12.8. The maximum atomic E-state index is 12.8. The molecule has 3 rings (SSSR count). The molecule has 0 aliphatic rings. The molecule has 0 aliphatic heterocycles. The molecule has 1 amide bonds. The van der Waals surface area contributed by atoms with Crippen LogP contribution in [-0.4, -0.2) is 29.9 Å². The van der Waals surface area contributed by atoms with Crippen LogP contribution in [0, 0.1) is 0 Å². The van der Waals surface area contributed by atoms with Gasteiger partial charge in [0.2, 0.25) is 5.91 Å². The Labute approximate surface area is 171 Å². The Morgan fingerprint density at radius 3 is 2.60 bits per heavy atom. The van der Waals surface area contributed by atoms with Crippen molar-refractivity contribution in [3.63, 3.8) is 0 Å². The van der Waals surface area contributed by atoms with Gasteiger partial charge < -0.3 is 14.8 Å². The fourth-order valence-corrected chi connectivity index (χ4v) is 2.94. The van der Waals surface area contributed by atoms with Crippen LogP contribution in [0.3, 0.4) is 0 Å². The lowest BCUT2D eigenvalue weighted by atomic mass is 10.1. The third kappa shape index (κ3) is 5.11. The van der Waals surface area contributed by atoms with Gasteiger partial charge in [0.1, 0.15) is 17.3 Å². The minimum Gasteiger partial charge on any atom is -0.497 e. The van der Waals surface area contributed by atoms with Crippen molar-refractivity contribution in [3.05, 3.63) is 71.4 Å². The first-order valence-electron chi connectivity index (χ1n) is 8.99. The van der Waals surface area contributed by atoms with Gasteiger partial charge in [0, 0.05) is 17.7 Å². The summed E-state index contributed by atoms with van der Waals surface area (Å²) in [6.07, 6.45) is -3.13. The number of alkyl halides is 3. The van der Waals surface area contributed by atoms with E-state index < -0.39 is 17.6 Å². The predicted molar refractivity (Wildman–Crippen MR) is 105 cm³/mol. The van der Waals surface area contributed by atoms with E-state index in [0.717, 1.165) is 17.7 Å². The number of carbonyl (C=O) groups is 1. The molecule has 0 saturated heterocycles. The number of methoxy groups -OCH3 is 2. The number of nitrogens with one attached hydrogen (secondary N) is 1. The van der Waals surface area contributed by atoms with Gasteiger partial charge in [0.05, 0.1) is 38.9 Å². The monoisotopic (exact) mass is 419 g/mol. The standard InChI is InChI=1S/C21H20F3N3O3/c1-29-17-7-6-15(18(12-17)30-2)13-27-19(8-9-25-27)26-20(28)11-14-4-3-5-16(10-14)21(22,23)24/h3-10,12H,11,13H2,1-2H3,(H,26,28). The first kappa shape index (κ1) is 21.2. The third-order valence-electron chi connectivity index (χ3n) is 4.42. The molecular formula is C21H20F3N3O3. The molecule has 1 aromatic heterocycles. The van der Waals surface area contributed by atoms with Crippen LogP contribution >= 0.6 is 0 Å². The Morgan fingerprint density at radius 2 is 1.90 bits per heavy atom. The smallest absolute Gasteiger partial charge is 0.416 e. The molecule has 0 unspecified atom stereocenters. The fraction of sp³-hybridized carbons (Fsp3) is 0.238. The van der Waals surface area contributed by atoms with Crippen LogP contribution in [0.5, 0.6) is 11.5 Å². The van der Waals surface area contributed by atoms with Gasteiger partial charge in [0.15, 0.2) is 0 Å². The molecule has 30 heavy (non-hydrogen) atoms. The van der Waals surface area contributed by atoms with E-state index in [1.807, 2.05) is 6.07 Å². The van der Waals surface area contributed by atoms with Crippen molar-refractivity contribution in [2.45, 2.75) is 19.1 Å². The molecule has 3 aromatic rings. The van der Waals surface area contributed by atoms with Gasteiger partial charge in [0.25, 0.3) is 0 Å². The lowest BCUT2D eigenvalue weighted by Gasteiger charge is -2.13. The zero-order valence-corrected chi connectivity index (χ0v) is 16.4. The molecule has 0 bridgehead atoms. The number of nitrogens with zero attached hydrogens (tertiary/aromatic N) is 2. The number of benzene rings is 2. The summed E-state index contributed by atoms with van der Waals surface area (Å²) in [5.41, 5.74) is 0.296. The van der Waals surface area contributed by atoms with E-state index in [9.17, 15) is 18.0 Å². The Morgan fingerprint density at radius 1 is 1.10 bits per heavy atom. The van der Waals surface area contributed by atoms with Gasteiger partial charge in [-0.3, -0.25) is 4.79 Å². The quantitative estimate of drug-likeness (QED) is 0.625. The normalized spacial score (nSPS) is 11.2. The van der Waals surface area contributed by atoms with Gasteiger partial charge in [-0.15, -0.1) is 0 Å². The Kier molecular flexibility index (Phi) is 6.29. The van der Waals surface area contributed by atoms with Gasteiger partial charge in [-0.25, -0.2) is 4.68 Å². The summed E-state index contributed by atoms with van der Waals surface area (Å²) in [6, 6.07) is 11.7. The van der Waals surface area contributed by atoms with E-state index >= 15 is 0 Å². The number of anilines is 1. The minimum atomic E-state index is -4.46. The second-order valence-corrected chi connectivity index (χ2v) is 6.47. The van der Waals surface area contributed by atoms with Crippen LogP contribution in [0.15, 0.2) is 54.7 Å².